The van der Waals surface area contributed by atoms with E-state index in [1.807, 2.05) is 18.0 Å². The van der Waals surface area contributed by atoms with E-state index in [1.54, 1.807) is 12.1 Å². The molecule has 1 fully saturated rings. The van der Waals surface area contributed by atoms with Crippen molar-refractivity contribution in [3.63, 3.8) is 0 Å². The Hall–Kier alpha value is -2.37. The van der Waals surface area contributed by atoms with Crippen molar-refractivity contribution in [3.05, 3.63) is 41.7 Å². The van der Waals surface area contributed by atoms with Gasteiger partial charge in [-0.2, -0.15) is 0 Å². The lowest BCUT2D eigenvalue weighted by Gasteiger charge is -2.33. The van der Waals surface area contributed by atoms with Crippen LogP contribution in [0.3, 0.4) is 0 Å². The van der Waals surface area contributed by atoms with Gasteiger partial charge in [0.1, 0.15) is 11.6 Å². The van der Waals surface area contributed by atoms with Gasteiger partial charge in [0.15, 0.2) is 5.76 Å². The molecule has 0 bridgehead atoms. The quantitative estimate of drug-likeness (QED) is 0.913. The number of nitrogens with zero attached hydrogens (tertiary/aromatic N) is 3. The first-order valence-corrected chi connectivity index (χ1v) is 8.59. The van der Waals surface area contributed by atoms with Crippen LogP contribution >= 0.6 is 0 Å². The third-order valence-corrected chi connectivity index (χ3v) is 4.29. The zero-order valence-electron chi connectivity index (χ0n) is 14.3. The number of nitrogens with one attached hydrogen (secondary N) is 1. The van der Waals surface area contributed by atoms with Crippen LogP contribution in [0.1, 0.15) is 48.1 Å². The zero-order chi connectivity index (χ0) is 16.9. The highest BCUT2D eigenvalue weighted by Gasteiger charge is 2.26. The molecule has 0 aromatic carbocycles. The van der Waals surface area contributed by atoms with Crippen molar-refractivity contribution in [3.8, 4) is 0 Å². The summed E-state index contributed by atoms with van der Waals surface area (Å²) >= 11 is 0. The van der Waals surface area contributed by atoms with Gasteiger partial charge in [-0.1, -0.05) is 13.3 Å². The van der Waals surface area contributed by atoms with Crippen molar-refractivity contribution in [1.29, 1.82) is 0 Å². The highest BCUT2D eigenvalue weighted by atomic mass is 16.3. The number of rotatable bonds is 5. The van der Waals surface area contributed by atoms with Gasteiger partial charge in [0.05, 0.1) is 6.26 Å². The normalized spacial score (nSPS) is 17.8. The highest BCUT2D eigenvalue weighted by Crippen LogP contribution is 2.20. The first kappa shape index (κ1) is 16.5. The average molecular weight is 328 g/mol. The number of hydrogen-bond acceptors (Lipinski definition) is 5. The summed E-state index contributed by atoms with van der Waals surface area (Å²) in [6.07, 6.45) is 7.43. The van der Waals surface area contributed by atoms with E-state index in [-0.39, 0.29) is 11.9 Å². The molecular weight excluding hydrogens is 304 g/mol. The standard InChI is InChI=1S/C18H24N4O2/c1-3-6-14-11-19-13(2)20-17(14)21-15-7-4-9-22(12-15)18(23)16-8-5-10-24-16/h5,8,10-11,15H,3-4,6-7,9,12H2,1-2H3,(H,19,20,21)/t15-/m0/s1. The summed E-state index contributed by atoms with van der Waals surface area (Å²) in [5.74, 6) is 2.03. The predicted octanol–water partition coefficient (Wildman–Crippen LogP) is 3.05. The third-order valence-electron chi connectivity index (χ3n) is 4.29. The summed E-state index contributed by atoms with van der Waals surface area (Å²) in [5.41, 5.74) is 1.14. The van der Waals surface area contributed by atoms with E-state index in [4.69, 9.17) is 4.42 Å². The second-order valence-corrected chi connectivity index (χ2v) is 6.25. The van der Waals surface area contributed by atoms with Crippen molar-refractivity contribution in [2.24, 2.45) is 0 Å². The maximum absolute atomic E-state index is 12.5. The van der Waals surface area contributed by atoms with Gasteiger partial charge in [0, 0.05) is 30.9 Å². The lowest BCUT2D eigenvalue weighted by Crippen LogP contribution is -2.45. The van der Waals surface area contributed by atoms with E-state index < -0.39 is 0 Å². The second-order valence-electron chi connectivity index (χ2n) is 6.25. The molecule has 0 aliphatic carbocycles. The van der Waals surface area contributed by atoms with Crippen molar-refractivity contribution in [1.82, 2.24) is 14.9 Å². The summed E-state index contributed by atoms with van der Waals surface area (Å²) in [6, 6.07) is 3.66. The number of carbonyl (C=O) groups is 1. The Morgan fingerprint density at radius 2 is 2.38 bits per heavy atom. The van der Waals surface area contributed by atoms with Crippen molar-refractivity contribution >= 4 is 11.7 Å². The molecule has 0 spiro atoms. The Morgan fingerprint density at radius 1 is 1.50 bits per heavy atom. The minimum Gasteiger partial charge on any atom is -0.459 e. The fourth-order valence-electron chi connectivity index (χ4n) is 3.10. The molecule has 2 aromatic heterocycles. The van der Waals surface area contributed by atoms with Gasteiger partial charge in [0.25, 0.3) is 5.91 Å². The first-order chi connectivity index (χ1) is 11.7. The molecule has 3 rings (SSSR count). The minimum atomic E-state index is -0.0425. The van der Waals surface area contributed by atoms with E-state index in [9.17, 15) is 4.79 Å². The zero-order valence-corrected chi connectivity index (χ0v) is 14.3. The molecule has 1 aliphatic rings. The average Bonchev–Trinajstić information content (AvgIpc) is 3.11. The molecule has 1 aliphatic heterocycles. The van der Waals surface area contributed by atoms with Crippen LogP contribution in [0.4, 0.5) is 5.82 Å². The van der Waals surface area contributed by atoms with Crippen LogP contribution in [0.25, 0.3) is 0 Å². The van der Waals surface area contributed by atoms with E-state index in [0.717, 1.165) is 49.4 Å². The molecular formula is C18H24N4O2. The van der Waals surface area contributed by atoms with Gasteiger partial charge in [-0.3, -0.25) is 4.79 Å². The second kappa shape index (κ2) is 7.47. The van der Waals surface area contributed by atoms with Crippen LogP contribution in [0, 0.1) is 6.92 Å². The van der Waals surface area contributed by atoms with Crippen molar-refractivity contribution in [2.45, 2.75) is 45.6 Å². The smallest absolute Gasteiger partial charge is 0.289 e. The van der Waals surface area contributed by atoms with E-state index in [1.165, 1.54) is 6.26 Å². The molecule has 2 aromatic rings. The van der Waals surface area contributed by atoms with Gasteiger partial charge < -0.3 is 14.6 Å². The molecule has 0 saturated carbocycles. The molecule has 6 nitrogen and oxygen atoms in total. The van der Waals surface area contributed by atoms with E-state index in [0.29, 0.717) is 12.3 Å². The number of furan rings is 1. The van der Waals surface area contributed by atoms with Crippen LogP contribution in [0.5, 0.6) is 0 Å². The van der Waals surface area contributed by atoms with Crippen molar-refractivity contribution in [2.75, 3.05) is 18.4 Å². The molecule has 1 atom stereocenters. The van der Waals surface area contributed by atoms with E-state index in [2.05, 4.69) is 22.2 Å². The van der Waals surface area contributed by atoms with Crippen LogP contribution in [0.15, 0.2) is 29.0 Å². The molecule has 1 N–H and O–H groups in total. The topological polar surface area (TPSA) is 71.3 Å². The maximum atomic E-state index is 12.5. The highest BCUT2D eigenvalue weighted by molar-refractivity contribution is 5.91. The Morgan fingerprint density at radius 3 is 3.12 bits per heavy atom. The Balaban J connectivity index is 1.69. The third kappa shape index (κ3) is 3.75. The SMILES string of the molecule is CCCc1cnc(C)nc1N[C@H]1CCCN(C(=O)c2ccco2)C1. The van der Waals surface area contributed by atoms with Gasteiger partial charge in [0.2, 0.25) is 0 Å². The summed E-state index contributed by atoms with van der Waals surface area (Å²) in [6.45, 7) is 5.47. The molecule has 1 amide bonds. The van der Waals surface area contributed by atoms with E-state index >= 15 is 0 Å². The van der Waals surface area contributed by atoms with Gasteiger partial charge >= 0.3 is 0 Å². The van der Waals surface area contributed by atoms with Crippen LogP contribution in [-0.4, -0.2) is 39.9 Å². The summed E-state index contributed by atoms with van der Waals surface area (Å²) in [5, 5.41) is 3.53. The Kier molecular flexibility index (Phi) is 5.13. The monoisotopic (exact) mass is 328 g/mol. The van der Waals surface area contributed by atoms with Gasteiger partial charge in [-0.25, -0.2) is 9.97 Å². The summed E-state index contributed by atoms with van der Waals surface area (Å²) < 4.78 is 5.24. The number of amides is 1. The largest absolute Gasteiger partial charge is 0.459 e. The Bertz CT molecular complexity index is 684. The molecule has 1 saturated heterocycles. The van der Waals surface area contributed by atoms with Gasteiger partial charge in [-0.05, 0) is 38.3 Å². The van der Waals surface area contributed by atoms with Crippen LogP contribution in [-0.2, 0) is 6.42 Å². The fraction of sp³-hybridized carbons (Fsp3) is 0.500. The van der Waals surface area contributed by atoms with Crippen molar-refractivity contribution < 1.29 is 9.21 Å². The number of hydrogen-bond donors (Lipinski definition) is 1. The number of carbonyl (C=O) groups excluding carboxylic acids is 1. The van der Waals surface area contributed by atoms with Crippen LogP contribution < -0.4 is 5.32 Å². The molecule has 3 heterocycles. The molecule has 6 heteroatoms. The molecule has 0 radical (unpaired) electrons. The van der Waals surface area contributed by atoms with Crippen LogP contribution in [0.2, 0.25) is 0 Å². The van der Waals surface area contributed by atoms with Gasteiger partial charge in [-0.15, -0.1) is 0 Å². The lowest BCUT2D eigenvalue weighted by molar-refractivity contribution is 0.0682. The summed E-state index contributed by atoms with van der Waals surface area (Å²) in [4.78, 5) is 23.2. The first-order valence-electron chi connectivity index (χ1n) is 8.59. The number of piperidine rings is 1. The number of aromatic nitrogens is 2. The predicted molar refractivity (Wildman–Crippen MR) is 92.0 cm³/mol. The maximum Gasteiger partial charge on any atom is 0.289 e. The molecule has 24 heavy (non-hydrogen) atoms. The molecule has 128 valence electrons. The lowest BCUT2D eigenvalue weighted by atomic mass is 10.0. The fourth-order valence-corrected chi connectivity index (χ4v) is 3.10. The summed E-state index contributed by atoms with van der Waals surface area (Å²) in [7, 11) is 0. The minimum absolute atomic E-state index is 0.0425. The number of likely N-dealkylation sites (tertiary alicyclic amines) is 1. The number of anilines is 1. The molecule has 0 unspecified atom stereocenters. The number of aryl methyl sites for hydroxylation is 2. The Labute approximate surface area is 142 Å².